The van der Waals surface area contributed by atoms with E-state index in [2.05, 4.69) is 72.7 Å². The summed E-state index contributed by atoms with van der Waals surface area (Å²) in [6.07, 6.45) is 0.202. The van der Waals surface area contributed by atoms with E-state index in [4.69, 9.17) is 5.10 Å². The van der Waals surface area contributed by atoms with Gasteiger partial charge in [-0.3, -0.25) is 0 Å². The van der Waals surface area contributed by atoms with Gasteiger partial charge in [-0.05, 0) is 55.0 Å². The molecule has 3 aromatic heterocycles. The quantitative estimate of drug-likeness (QED) is 0.222. The molecule has 2 aromatic carbocycles. The zero-order chi connectivity index (χ0) is 29.1. The SMILES string of the molecule is CCc1cccc(CC)c1-n1nc2c(c1-c1ccc(C)c3[nH]cc(C)c13)CN(c1ncc(C(F)(F)F)cc1F)CC2. The van der Waals surface area contributed by atoms with Crippen LogP contribution in [0.3, 0.4) is 0 Å². The van der Waals surface area contributed by atoms with Crippen LogP contribution in [0, 0.1) is 19.7 Å². The van der Waals surface area contributed by atoms with E-state index in [1.807, 2.05) is 6.20 Å². The van der Waals surface area contributed by atoms with Crippen LogP contribution in [0.15, 0.2) is 48.8 Å². The first-order valence-electron chi connectivity index (χ1n) is 13.9. The van der Waals surface area contributed by atoms with Crippen molar-refractivity contribution in [2.24, 2.45) is 0 Å². The molecule has 0 unspecified atom stereocenters. The molecule has 0 spiro atoms. The normalized spacial score (nSPS) is 13.7. The molecule has 41 heavy (non-hydrogen) atoms. The summed E-state index contributed by atoms with van der Waals surface area (Å²) >= 11 is 0. The topological polar surface area (TPSA) is 49.7 Å². The summed E-state index contributed by atoms with van der Waals surface area (Å²) in [7, 11) is 0. The van der Waals surface area contributed by atoms with Gasteiger partial charge in [-0.15, -0.1) is 0 Å². The number of aromatic nitrogens is 4. The fourth-order valence-corrected chi connectivity index (χ4v) is 6.05. The Morgan fingerprint density at radius 3 is 2.39 bits per heavy atom. The average Bonchev–Trinajstić information content (AvgIpc) is 3.53. The summed E-state index contributed by atoms with van der Waals surface area (Å²) in [5, 5.41) is 6.27. The first-order valence-corrected chi connectivity index (χ1v) is 13.9. The number of pyridine rings is 1. The van der Waals surface area contributed by atoms with E-state index >= 15 is 4.39 Å². The lowest BCUT2D eigenvalue weighted by Crippen LogP contribution is -2.32. The highest BCUT2D eigenvalue weighted by Gasteiger charge is 2.34. The van der Waals surface area contributed by atoms with E-state index in [9.17, 15) is 13.2 Å². The van der Waals surface area contributed by atoms with Gasteiger partial charge in [0.1, 0.15) is 0 Å². The number of fused-ring (bicyclic) bond motifs is 2. The van der Waals surface area contributed by atoms with Crippen molar-refractivity contribution < 1.29 is 17.6 Å². The van der Waals surface area contributed by atoms with Crippen molar-refractivity contribution in [3.8, 4) is 16.9 Å². The zero-order valence-corrected chi connectivity index (χ0v) is 23.5. The van der Waals surface area contributed by atoms with Crippen molar-refractivity contribution in [2.45, 2.75) is 59.7 Å². The molecule has 6 rings (SSSR count). The number of hydrogen-bond acceptors (Lipinski definition) is 3. The third-order valence-corrected chi connectivity index (χ3v) is 8.16. The van der Waals surface area contributed by atoms with Gasteiger partial charge in [-0.1, -0.05) is 44.2 Å². The maximum atomic E-state index is 15.1. The number of nitrogens with one attached hydrogen (secondary N) is 1. The molecule has 9 heteroatoms. The molecule has 0 saturated heterocycles. The highest BCUT2D eigenvalue weighted by atomic mass is 19.4. The summed E-state index contributed by atoms with van der Waals surface area (Å²) in [5.41, 5.74) is 9.32. The standard InChI is InChI=1S/C32H31F4N5/c1-5-20-8-7-9-21(6-2)29(20)41-30(23-11-10-18(3)28-27(23)19(4)15-37-28)24-17-40(13-12-26(24)39-41)31-25(33)14-22(16-38-31)32(34,35)36/h7-11,14-16,37H,5-6,12-13,17H2,1-4H3. The third kappa shape index (κ3) is 4.47. The van der Waals surface area contributed by atoms with Gasteiger partial charge in [0.2, 0.25) is 0 Å². The maximum Gasteiger partial charge on any atom is 0.417 e. The maximum absolute atomic E-state index is 15.1. The summed E-state index contributed by atoms with van der Waals surface area (Å²) in [6, 6.07) is 11.0. The minimum Gasteiger partial charge on any atom is -0.361 e. The molecule has 0 bridgehead atoms. The van der Waals surface area contributed by atoms with Crippen molar-refractivity contribution in [2.75, 3.05) is 11.4 Å². The largest absolute Gasteiger partial charge is 0.417 e. The fraction of sp³-hybridized carbons (Fsp3) is 0.312. The molecule has 212 valence electrons. The molecule has 0 radical (unpaired) electrons. The van der Waals surface area contributed by atoms with Crippen molar-refractivity contribution in [1.82, 2.24) is 19.7 Å². The van der Waals surface area contributed by atoms with Gasteiger partial charge in [0.15, 0.2) is 11.6 Å². The monoisotopic (exact) mass is 561 g/mol. The van der Waals surface area contributed by atoms with Crippen LogP contribution >= 0.6 is 0 Å². The minimum atomic E-state index is -4.66. The van der Waals surface area contributed by atoms with Crippen LogP contribution in [0.5, 0.6) is 0 Å². The molecule has 5 nitrogen and oxygen atoms in total. The number of H-pyrrole nitrogens is 1. The summed E-state index contributed by atoms with van der Waals surface area (Å²) < 4.78 is 56.7. The smallest absolute Gasteiger partial charge is 0.361 e. The molecular weight excluding hydrogens is 530 g/mol. The third-order valence-electron chi connectivity index (χ3n) is 8.16. The summed E-state index contributed by atoms with van der Waals surface area (Å²) in [5.74, 6) is -1.07. The number of aryl methyl sites for hydroxylation is 4. The molecule has 1 aliphatic heterocycles. The number of halogens is 4. The lowest BCUT2D eigenvalue weighted by atomic mass is 9.95. The lowest BCUT2D eigenvalue weighted by molar-refractivity contribution is -0.138. The van der Waals surface area contributed by atoms with Gasteiger partial charge in [0.25, 0.3) is 0 Å². The Morgan fingerprint density at radius 1 is 1.00 bits per heavy atom. The van der Waals surface area contributed by atoms with E-state index < -0.39 is 17.6 Å². The number of benzene rings is 2. The second-order valence-corrected chi connectivity index (χ2v) is 10.7. The minimum absolute atomic E-state index is 0.0857. The Kier molecular flexibility index (Phi) is 6.63. The number of nitrogens with zero attached hydrogens (tertiary/aromatic N) is 4. The van der Waals surface area contributed by atoms with Crippen molar-refractivity contribution >= 4 is 16.7 Å². The van der Waals surface area contributed by atoms with Crippen molar-refractivity contribution in [1.29, 1.82) is 0 Å². The van der Waals surface area contributed by atoms with E-state index in [0.717, 1.165) is 63.1 Å². The Hall–Kier alpha value is -4.14. The second-order valence-electron chi connectivity index (χ2n) is 10.7. The van der Waals surface area contributed by atoms with Crippen LogP contribution in [0.25, 0.3) is 27.8 Å². The first kappa shape index (κ1) is 27.1. The number of rotatable bonds is 5. The second kappa shape index (κ2) is 10.0. The van der Waals surface area contributed by atoms with Gasteiger partial charge in [-0.25, -0.2) is 14.1 Å². The Balaban J connectivity index is 1.59. The number of para-hydroxylation sites is 1. The number of hydrogen-bond donors (Lipinski definition) is 1. The molecule has 0 amide bonds. The molecule has 1 aliphatic rings. The number of anilines is 1. The van der Waals surface area contributed by atoms with Crippen LogP contribution in [-0.4, -0.2) is 26.3 Å². The molecule has 1 N–H and O–H groups in total. The first-order chi connectivity index (χ1) is 19.6. The molecule has 0 atom stereocenters. The van der Waals surface area contributed by atoms with Crippen LogP contribution in [-0.2, 0) is 32.0 Å². The molecular formula is C32H31F4N5. The van der Waals surface area contributed by atoms with E-state index in [-0.39, 0.29) is 12.4 Å². The van der Waals surface area contributed by atoms with Crippen molar-refractivity contribution in [3.63, 3.8) is 0 Å². The molecule has 0 saturated carbocycles. The highest BCUT2D eigenvalue weighted by Crippen LogP contribution is 2.41. The fourth-order valence-electron chi connectivity index (χ4n) is 6.05. The van der Waals surface area contributed by atoms with Gasteiger partial charge in [0.05, 0.1) is 22.6 Å². The van der Waals surface area contributed by atoms with Crippen LogP contribution in [0.4, 0.5) is 23.4 Å². The average molecular weight is 562 g/mol. The Morgan fingerprint density at radius 2 is 1.73 bits per heavy atom. The highest BCUT2D eigenvalue weighted by molar-refractivity contribution is 5.99. The lowest BCUT2D eigenvalue weighted by Gasteiger charge is -2.28. The van der Waals surface area contributed by atoms with Crippen LogP contribution < -0.4 is 4.90 Å². The van der Waals surface area contributed by atoms with Crippen molar-refractivity contribution in [3.05, 3.63) is 93.7 Å². The molecule has 5 aromatic rings. The van der Waals surface area contributed by atoms with Gasteiger partial charge >= 0.3 is 6.18 Å². The predicted octanol–water partition coefficient (Wildman–Crippen LogP) is 7.88. The van der Waals surface area contributed by atoms with Crippen LogP contribution in [0.2, 0.25) is 0 Å². The van der Waals surface area contributed by atoms with Gasteiger partial charge < -0.3 is 9.88 Å². The van der Waals surface area contributed by atoms with E-state index in [1.165, 1.54) is 11.1 Å². The number of alkyl halides is 3. The predicted molar refractivity (Wildman–Crippen MR) is 153 cm³/mol. The van der Waals surface area contributed by atoms with Crippen LogP contribution in [0.1, 0.15) is 52.9 Å². The van der Waals surface area contributed by atoms with Gasteiger partial charge in [-0.2, -0.15) is 18.3 Å². The molecule has 4 heterocycles. The number of aromatic amines is 1. The summed E-state index contributed by atoms with van der Waals surface area (Å²) in [4.78, 5) is 9.06. The van der Waals surface area contributed by atoms with E-state index in [1.54, 1.807) is 4.90 Å². The zero-order valence-electron chi connectivity index (χ0n) is 23.5. The van der Waals surface area contributed by atoms with E-state index in [0.29, 0.717) is 25.2 Å². The Bertz CT molecular complexity index is 1760. The summed E-state index contributed by atoms with van der Waals surface area (Å²) in [6.45, 7) is 9.05. The Labute approximate surface area is 235 Å². The van der Waals surface area contributed by atoms with Gasteiger partial charge in [0, 0.05) is 53.9 Å². The molecule has 0 fully saturated rings. The molecule has 0 aliphatic carbocycles.